The molecule has 0 bridgehead atoms. The van der Waals surface area contributed by atoms with Gasteiger partial charge in [0.15, 0.2) is 5.96 Å². The Morgan fingerprint density at radius 1 is 1.36 bits per heavy atom. The van der Waals surface area contributed by atoms with Crippen LogP contribution in [0.3, 0.4) is 0 Å². The molecule has 0 unspecified atom stereocenters. The number of amides is 1. The van der Waals surface area contributed by atoms with E-state index in [0.29, 0.717) is 17.9 Å². The van der Waals surface area contributed by atoms with E-state index in [4.69, 9.17) is 9.15 Å². The molecule has 2 rings (SSSR count). The number of furan rings is 1. The van der Waals surface area contributed by atoms with Crippen LogP contribution < -0.4 is 16.0 Å². The smallest absolute Gasteiger partial charge is 0.239 e. The van der Waals surface area contributed by atoms with Crippen LogP contribution in [-0.2, 0) is 16.1 Å². The van der Waals surface area contributed by atoms with Gasteiger partial charge >= 0.3 is 0 Å². The Labute approximate surface area is 166 Å². The van der Waals surface area contributed by atoms with Crippen molar-refractivity contribution < 1.29 is 13.9 Å². The zero-order valence-electron chi connectivity index (χ0n) is 15.0. The van der Waals surface area contributed by atoms with Crippen molar-refractivity contribution in [2.45, 2.75) is 32.2 Å². The van der Waals surface area contributed by atoms with E-state index in [9.17, 15) is 4.79 Å². The fourth-order valence-corrected chi connectivity index (χ4v) is 2.83. The van der Waals surface area contributed by atoms with Gasteiger partial charge in [-0.25, -0.2) is 0 Å². The van der Waals surface area contributed by atoms with Crippen LogP contribution in [0, 0.1) is 5.41 Å². The molecule has 3 N–H and O–H groups in total. The summed E-state index contributed by atoms with van der Waals surface area (Å²) in [5, 5.41) is 9.16. The number of guanidine groups is 1. The molecule has 142 valence electrons. The van der Waals surface area contributed by atoms with E-state index in [1.165, 1.54) is 19.3 Å². The van der Waals surface area contributed by atoms with Gasteiger partial charge in [-0.05, 0) is 36.8 Å². The third kappa shape index (κ3) is 7.23. The molecule has 0 atom stereocenters. The van der Waals surface area contributed by atoms with Crippen LogP contribution in [-0.4, -0.2) is 45.7 Å². The first-order valence-electron chi connectivity index (χ1n) is 8.40. The molecule has 25 heavy (non-hydrogen) atoms. The van der Waals surface area contributed by atoms with Gasteiger partial charge in [-0.2, -0.15) is 0 Å². The minimum atomic E-state index is -0.105. The molecule has 1 aromatic heterocycles. The highest BCUT2D eigenvalue weighted by Gasteiger charge is 2.36. The van der Waals surface area contributed by atoms with Gasteiger partial charge in [-0.1, -0.05) is 6.42 Å². The lowest BCUT2D eigenvalue weighted by Gasteiger charge is -2.42. The van der Waals surface area contributed by atoms with Crippen molar-refractivity contribution in [2.75, 3.05) is 33.9 Å². The molecule has 0 aliphatic heterocycles. The van der Waals surface area contributed by atoms with Gasteiger partial charge < -0.3 is 25.1 Å². The van der Waals surface area contributed by atoms with Crippen molar-refractivity contribution in [1.82, 2.24) is 16.0 Å². The lowest BCUT2D eigenvalue weighted by atomic mass is 9.67. The standard InChI is InChI=1S/C17H28N4O3.HI/c1-18-16(21-13-17(6-4-7-17)8-10-23-2)20-12-15(22)19-11-14-5-3-9-24-14;/h3,5,9H,4,6-8,10-13H2,1-2H3,(H,19,22)(H2,18,20,21);1H. The predicted octanol–water partition coefficient (Wildman–Crippen LogP) is 1.89. The number of carbonyl (C=O) groups is 1. The number of methoxy groups -OCH3 is 1. The van der Waals surface area contributed by atoms with Crippen LogP contribution in [0.5, 0.6) is 0 Å². The second kappa shape index (κ2) is 11.3. The second-order valence-electron chi connectivity index (χ2n) is 6.23. The Morgan fingerprint density at radius 3 is 2.72 bits per heavy atom. The summed E-state index contributed by atoms with van der Waals surface area (Å²) < 4.78 is 10.4. The molecule has 1 fully saturated rings. The molecule has 8 heteroatoms. The van der Waals surface area contributed by atoms with Crippen molar-refractivity contribution >= 4 is 35.8 Å². The molecule has 0 radical (unpaired) electrons. The minimum absolute atomic E-state index is 0. The number of nitrogens with zero attached hydrogens (tertiary/aromatic N) is 1. The number of hydrogen-bond donors (Lipinski definition) is 3. The number of halogens is 1. The summed E-state index contributed by atoms with van der Waals surface area (Å²) in [6.45, 7) is 2.19. The minimum Gasteiger partial charge on any atom is -0.467 e. The van der Waals surface area contributed by atoms with Crippen molar-refractivity contribution in [3.63, 3.8) is 0 Å². The molecule has 0 aromatic carbocycles. The van der Waals surface area contributed by atoms with Crippen molar-refractivity contribution in [2.24, 2.45) is 10.4 Å². The molecule has 1 aliphatic carbocycles. The molecular formula is C17H29IN4O3. The molecule has 1 aliphatic rings. The van der Waals surface area contributed by atoms with Gasteiger partial charge in [0, 0.05) is 27.3 Å². The Morgan fingerprint density at radius 2 is 2.16 bits per heavy atom. The average Bonchev–Trinajstić information content (AvgIpc) is 3.07. The van der Waals surface area contributed by atoms with E-state index in [1.54, 1.807) is 26.5 Å². The molecule has 1 saturated carbocycles. The zero-order chi connectivity index (χ0) is 17.3. The van der Waals surface area contributed by atoms with Crippen LogP contribution in [0.25, 0.3) is 0 Å². The molecule has 1 aromatic rings. The van der Waals surface area contributed by atoms with Crippen LogP contribution in [0.1, 0.15) is 31.4 Å². The van der Waals surface area contributed by atoms with Gasteiger partial charge in [0.25, 0.3) is 0 Å². The summed E-state index contributed by atoms with van der Waals surface area (Å²) in [6, 6.07) is 3.62. The fraction of sp³-hybridized carbons (Fsp3) is 0.647. The van der Waals surface area contributed by atoms with Crippen LogP contribution in [0.2, 0.25) is 0 Å². The number of nitrogens with one attached hydrogen (secondary N) is 3. The van der Waals surface area contributed by atoms with E-state index in [1.807, 2.05) is 6.07 Å². The third-order valence-corrected chi connectivity index (χ3v) is 4.56. The van der Waals surface area contributed by atoms with Crippen LogP contribution in [0.15, 0.2) is 27.8 Å². The lowest BCUT2D eigenvalue weighted by Crippen LogP contribution is -2.48. The first-order valence-corrected chi connectivity index (χ1v) is 8.40. The van der Waals surface area contributed by atoms with Crippen molar-refractivity contribution in [3.8, 4) is 0 Å². The largest absolute Gasteiger partial charge is 0.467 e. The van der Waals surface area contributed by atoms with E-state index >= 15 is 0 Å². The monoisotopic (exact) mass is 464 g/mol. The topological polar surface area (TPSA) is 87.9 Å². The Bertz CT molecular complexity index is 530. The van der Waals surface area contributed by atoms with Gasteiger partial charge in [0.1, 0.15) is 5.76 Å². The highest BCUT2D eigenvalue weighted by molar-refractivity contribution is 14.0. The number of hydrogen-bond acceptors (Lipinski definition) is 4. The van der Waals surface area contributed by atoms with Gasteiger partial charge in [-0.3, -0.25) is 9.79 Å². The van der Waals surface area contributed by atoms with E-state index in [2.05, 4.69) is 20.9 Å². The summed E-state index contributed by atoms with van der Waals surface area (Å²) in [5.41, 5.74) is 0.301. The highest BCUT2D eigenvalue weighted by atomic mass is 127. The van der Waals surface area contributed by atoms with Gasteiger partial charge in [0.05, 0.1) is 19.4 Å². The number of aliphatic imine (C=N–C) groups is 1. The third-order valence-electron chi connectivity index (χ3n) is 4.56. The van der Waals surface area contributed by atoms with Crippen LogP contribution in [0.4, 0.5) is 0 Å². The normalized spacial score (nSPS) is 15.7. The molecular weight excluding hydrogens is 435 g/mol. The SMILES string of the molecule is CN=C(NCC(=O)NCc1ccco1)NCC1(CCOC)CCC1.I. The maximum absolute atomic E-state index is 11.9. The molecule has 0 saturated heterocycles. The van der Waals surface area contributed by atoms with E-state index in [0.717, 1.165) is 25.3 Å². The summed E-state index contributed by atoms with van der Waals surface area (Å²) in [7, 11) is 3.44. The maximum Gasteiger partial charge on any atom is 0.239 e. The zero-order valence-corrected chi connectivity index (χ0v) is 17.3. The van der Waals surface area contributed by atoms with E-state index in [-0.39, 0.29) is 36.4 Å². The Balaban J connectivity index is 0.00000312. The molecule has 7 nitrogen and oxygen atoms in total. The van der Waals surface area contributed by atoms with E-state index < -0.39 is 0 Å². The van der Waals surface area contributed by atoms with Crippen molar-refractivity contribution in [1.29, 1.82) is 0 Å². The van der Waals surface area contributed by atoms with Crippen molar-refractivity contribution in [3.05, 3.63) is 24.2 Å². The molecule has 0 spiro atoms. The average molecular weight is 464 g/mol. The highest BCUT2D eigenvalue weighted by Crippen LogP contribution is 2.43. The number of carbonyl (C=O) groups excluding carboxylic acids is 1. The predicted molar refractivity (Wildman–Crippen MR) is 108 cm³/mol. The number of rotatable bonds is 9. The summed E-state index contributed by atoms with van der Waals surface area (Å²) in [5.74, 6) is 1.27. The summed E-state index contributed by atoms with van der Waals surface area (Å²) in [6.07, 6.45) is 6.34. The summed E-state index contributed by atoms with van der Waals surface area (Å²) in [4.78, 5) is 16.0. The van der Waals surface area contributed by atoms with Crippen LogP contribution >= 0.6 is 24.0 Å². The second-order valence-corrected chi connectivity index (χ2v) is 6.23. The summed E-state index contributed by atoms with van der Waals surface area (Å²) >= 11 is 0. The first kappa shape index (κ1) is 21.8. The van der Waals surface area contributed by atoms with Gasteiger partial charge in [-0.15, -0.1) is 24.0 Å². The number of ether oxygens (including phenoxy) is 1. The Kier molecular flexibility index (Phi) is 9.88. The quantitative estimate of drug-likeness (QED) is 0.295. The first-order chi connectivity index (χ1) is 11.7. The molecule has 1 heterocycles. The Hall–Kier alpha value is -1.29. The fourth-order valence-electron chi connectivity index (χ4n) is 2.83. The molecule has 1 amide bonds. The van der Waals surface area contributed by atoms with Gasteiger partial charge in [0.2, 0.25) is 5.91 Å². The lowest BCUT2D eigenvalue weighted by molar-refractivity contribution is -0.120. The maximum atomic E-state index is 11.9.